The number of carbonyl (C=O) groups excluding carboxylic acids is 1. The fourth-order valence-electron chi connectivity index (χ4n) is 2.68. The standard InChI is InChI=1S/C19H22ClNO4S/c1-4-15(5-2)26(23,24)16-10-11-18(25-3)17(12-16)21-19(22)13-6-8-14(20)9-7-13/h6-12,15H,4-5H2,1-3H3,(H,21,22). The number of nitrogens with one attached hydrogen (secondary N) is 1. The molecule has 2 rings (SSSR count). The van der Waals surface area contributed by atoms with E-state index in [4.69, 9.17) is 16.3 Å². The van der Waals surface area contributed by atoms with Gasteiger partial charge in [0, 0.05) is 10.6 Å². The lowest BCUT2D eigenvalue weighted by molar-refractivity contribution is 0.102. The maximum atomic E-state index is 12.8. The molecule has 2 aromatic rings. The molecule has 1 N–H and O–H groups in total. The third kappa shape index (κ3) is 4.37. The molecule has 0 fully saturated rings. The summed E-state index contributed by atoms with van der Waals surface area (Å²) >= 11 is 5.83. The van der Waals surface area contributed by atoms with Crippen LogP contribution >= 0.6 is 11.6 Å². The Morgan fingerprint density at radius 3 is 2.27 bits per heavy atom. The second-order valence-electron chi connectivity index (χ2n) is 5.81. The average molecular weight is 396 g/mol. The number of hydrogen-bond acceptors (Lipinski definition) is 4. The van der Waals surface area contributed by atoms with E-state index in [9.17, 15) is 13.2 Å². The Labute approximate surface area is 159 Å². The highest BCUT2D eigenvalue weighted by atomic mass is 35.5. The maximum absolute atomic E-state index is 12.8. The molecule has 26 heavy (non-hydrogen) atoms. The Hall–Kier alpha value is -2.05. The normalized spacial score (nSPS) is 11.4. The SMILES string of the molecule is CCC(CC)S(=O)(=O)c1ccc(OC)c(NC(=O)c2ccc(Cl)cc2)c1. The molecule has 0 saturated carbocycles. The van der Waals surface area contributed by atoms with Gasteiger partial charge in [0.15, 0.2) is 9.84 Å². The van der Waals surface area contributed by atoms with Gasteiger partial charge in [-0.15, -0.1) is 0 Å². The molecule has 0 radical (unpaired) electrons. The van der Waals surface area contributed by atoms with Gasteiger partial charge in [0.2, 0.25) is 0 Å². The van der Waals surface area contributed by atoms with Gasteiger partial charge >= 0.3 is 0 Å². The minimum Gasteiger partial charge on any atom is -0.495 e. The number of hydrogen-bond donors (Lipinski definition) is 1. The van der Waals surface area contributed by atoms with Gasteiger partial charge in [0.25, 0.3) is 5.91 Å². The molecule has 0 heterocycles. The van der Waals surface area contributed by atoms with Crippen molar-refractivity contribution < 1.29 is 17.9 Å². The van der Waals surface area contributed by atoms with E-state index in [1.165, 1.54) is 19.2 Å². The molecule has 0 aliphatic heterocycles. The average Bonchev–Trinajstić information content (AvgIpc) is 2.63. The molecule has 0 saturated heterocycles. The highest BCUT2D eigenvalue weighted by Crippen LogP contribution is 2.30. The monoisotopic (exact) mass is 395 g/mol. The summed E-state index contributed by atoms with van der Waals surface area (Å²) in [6.07, 6.45) is 1.05. The number of halogens is 1. The van der Waals surface area contributed by atoms with Gasteiger partial charge < -0.3 is 10.1 Å². The summed E-state index contributed by atoms with van der Waals surface area (Å²) in [5.74, 6) is 0.00728. The summed E-state index contributed by atoms with van der Waals surface area (Å²) < 4.78 is 30.8. The summed E-state index contributed by atoms with van der Waals surface area (Å²) in [4.78, 5) is 12.6. The number of amides is 1. The number of anilines is 1. The first kappa shape index (κ1) is 20.3. The fourth-order valence-corrected chi connectivity index (χ4v) is 4.61. The minimum atomic E-state index is -3.48. The number of sulfone groups is 1. The van der Waals surface area contributed by atoms with Crippen molar-refractivity contribution in [2.45, 2.75) is 36.8 Å². The first-order valence-electron chi connectivity index (χ1n) is 8.32. The lowest BCUT2D eigenvalue weighted by Crippen LogP contribution is -2.20. The second-order valence-corrected chi connectivity index (χ2v) is 8.47. The molecule has 0 spiro atoms. The topological polar surface area (TPSA) is 72.5 Å². The van der Waals surface area contributed by atoms with Crippen LogP contribution in [0, 0.1) is 0 Å². The maximum Gasteiger partial charge on any atom is 0.255 e. The van der Waals surface area contributed by atoms with Crippen LogP contribution in [0.2, 0.25) is 5.02 Å². The molecule has 2 aromatic carbocycles. The highest BCUT2D eigenvalue weighted by molar-refractivity contribution is 7.92. The van der Waals surface area contributed by atoms with Crippen molar-refractivity contribution >= 4 is 33.0 Å². The number of rotatable bonds is 7. The van der Waals surface area contributed by atoms with Gasteiger partial charge in [-0.05, 0) is 55.3 Å². The van der Waals surface area contributed by atoms with E-state index in [-0.39, 0.29) is 10.8 Å². The van der Waals surface area contributed by atoms with Crippen molar-refractivity contribution in [3.05, 3.63) is 53.1 Å². The van der Waals surface area contributed by atoms with Gasteiger partial charge in [0.05, 0.1) is 22.9 Å². The number of methoxy groups -OCH3 is 1. The van der Waals surface area contributed by atoms with Crippen LogP contribution in [0.1, 0.15) is 37.0 Å². The van der Waals surface area contributed by atoms with Crippen molar-refractivity contribution in [2.75, 3.05) is 12.4 Å². The van der Waals surface area contributed by atoms with Gasteiger partial charge in [-0.2, -0.15) is 0 Å². The Bertz CT molecular complexity index is 875. The molecule has 140 valence electrons. The van der Waals surface area contributed by atoms with Crippen LogP contribution < -0.4 is 10.1 Å². The van der Waals surface area contributed by atoms with Crippen LogP contribution in [0.25, 0.3) is 0 Å². The van der Waals surface area contributed by atoms with Gasteiger partial charge in [0.1, 0.15) is 5.75 Å². The van der Waals surface area contributed by atoms with Crippen molar-refractivity contribution in [3.8, 4) is 5.75 Å². The van der Waals surface area contributed by atoms with Crippen molar-refractivity contribution in [1.29, 1.82) is 0 Å². The van der Waals surface area contributed by atoms with Crippen molar-refractivity contribution in [3.63, 3.8) is 0 Å². The summed E-state index contributed by atoms with van der Waals surface area (Å²) in [5, 5.41) is 2.78. The second kappa shape index (κ2) is 8.56. The molecule has 1 amide bonds. The van der Waals surface area contributed by atoms with Gasteiger partial charge in [-0.1, -0.05) is 25.4 Å². The molecule has 0 unspecified atom stereocenters. The molecule has 0 aliphatic rings. The van der Waals surface area contributed by atoms with E-state index < -0.39 is 15.1 Å². The molecule has 5 nitrogen and oxygen atoms in total. The number of benzene rings is 2. The fraction of sp³-hybridized carbons (Fsp3) is 0.316. The number of ether oxygens (including phenoxy) is 1. The molecule has 7 heteroatoms. The molecule has 0 atom stereocenters. The van der Waals surface area contributed by atoms with Gasteiger partial charge in [-0.25, -0.2) is 8.42 Å². The van der Waals surface area contributed by atoms with E-state index in [0.29, 0.717) is 34.9 Å². The van der Waals surface area contributed by atoms with E-state index in [1.807, 2.05) is 13.8 Å². The molecule has 0 aromatic heterocycles. The minimum absolute atomic E-state index is 0.165. The van der Waals surface area contributed by atoms with E-state index in [1.54, 1.807) is 30.3 Å². The zero-order chi connectivity index (χ0) is 19.3. The Morgan fingerprint density at radius 2 is 1.73 bits per heavy atom. The smallest absolute Gasteiger partial charge is 0.255 e. The number of carbonyl (C=O) groups is 1. The third-order valence-corrected chi connectivity index (χ3v) is 6.91. The summed E-state index contributed by atoms with van der Waals surface area (Å²) in [5.41, 5.74) is 0.712. The zero-order valence-electron chi connectivity index (χ0n) is 15.0. The Balaban J connectivity index is 2.38. The predicted molar refractivity (Wildman–Crippen MR) is 104 cm³/mol. The summed E-state index contributed by atoms with van der Waals surface area (Å²) in [6.45, 7) is 3.69. The Morgan fingerprint density at radius 1 is 1.12 bits per heavy atom. The largest absolute Gasteiger partial charge is 0.495 e. The highest BCUT2D eigenvalue weighted by Gasteiger charge is 2.25. The lowest BCUT2D eigenvalue weighted by atomic mass is 10.2. The van der Waals surface area contributed by atoms with Crippen LogP contribution in [-0.4, -0.2) is 26.7 Å². The third-order valence-electron chi connectivity index (χ3n) is 4.20. The van der Waals surface area contributed by atoms with Gasteiger partial charge in [-0.3, -0.25) is 4.79 Å². The van der Waals surface area contributed by atoms with Crippen molar-refractivity contribution in [2.24, 2.45) is 0 Å². The molecular formula is C19H22ClNO4S. The Kier molecular flexibility index (Phi) is 6.67. The predicted octanol–water partition coefficient (Wildman–Crippen LogP) is 4.56. The quantitative estimate of drug-likeness (QED) is 0.745. The van der Waals surface area contributed by atoms with Crippen LogP contribution in [0.3, 0.4) is 0 Å². The first-order chi connectivity index (χ1) is 12.3. The molecular weight excluding hydrogens is 374 g/mol. The van der Waals surface area contributed by atoms with Crippen LogP contribution in [-0.2, 0) is 9.84 Å². The van der Waals surface area contributed by atoms with Crippen LogP contribution in [0.4, 0.5) is 5.69 Å². The van der Waals surface area contributed by atoms with Crippen LogP contribution in [0.5, 0.6) is 5.75 Å². The summed E-state index contributed by atoms with van der Waals surface area (Å²) in [7, 11) is -2.02. The first-order valence-corrected chi connectivity index (χ1v) is 10.2. The zero-order valence-corrected chi connectivity index (χ0v) is 16.5. The molecule has 0 aliphatic carbocycles. The van der Waals surface area contributed by atoms with E-state index in [2.05, 4.69) is 5.32 Å². The van der Waals surface area contributed by atoms with Crippen LogP contribution in [0.15, 0.2) is 47.4 Å². The van der Waals surface area contributed by atoms with E-state index >= 15 is 0 Å². The van der Waals surface area contributed by atoms with Crippen molar-refractivity contribution in [1.82, 2.24) is 0 Å². The lowest BCUT2D eigenvalue weighted by Gasteiger charge is -2.16. The summed E-state index contributed by atoms with van der Waals surface area (Å²) in [6, 6.07) is 10.9. The molecule has 0 bridgehead atoms. The van der Waals surface area contributed by atoms with E-state index in [0.717, 1.165) is 0 Å².